The highest BCUT2D eigenvalue weighted by molar-refractivity contribution is 7.17. The van der Waals surface area contributed by atoms with Gasteiger partial charge in [-0.3, -0.25) is 4.79 Å². The van der Waals surface area contributed by atoms with Gasteiger partial charge in [-0.25, -0.2) is 15.0 Å². The molecule has 2 atom stereocenters. The highest BCUT2D eigenvalue weighted by atomic mass is 32.1. The molecule has 0 unspecified atom stereocenters. The second-order valence-corrected chi connectivity index (χ2v) is 8.28. The first kappa shape index (κ1) is 20.5. The zero-order chi connectivity index (χ0) is 21.1. The molecule has 9 heteroatoms. The number of ketones is 1. The lowest BCUT2D eigenvalue weighted by atomic mass is 9.91. The summed E-state index contributed by atoms with van der Waals surface area (Å²) in [4.78, 5) is 26.4. The summed E-state index contributed by atoms with van der Waals surface area (Å²) in [6, 6.07) is 3.76. The summed E-state index contributed by atoms with van der Waals surface area (Å²) in [5.41, 5.74) is 8.07. The van der Waals surface area contributed by atoms with Crippen LogP contribution in [0.2, 0.25) is 0 Å². The van der Waals surface area contributed by atoms with Crippen LogP contribution in [0.1, 0.15) is 41.7 Å². The minimum atomic E-state index is -0.0556. The number of nitrogens with two attached hydrogens (primary N) is 1. The van der Waals surface area contributed by atoms with Gasteiger partial charge < -0.3 is 20.5 Å². The average molecular weight is 428 g/mol. The van der Waals surface area contributed by atoms with E-state index in [-0.39, 0.29) is 24.3 Å². The number of hydrogen-bond donors (Lipinski definition) is 2. The fourth-order valence-electron chi connectivity index (χ4n) is 3.73. The molecule has 0 radical (unpaired) electrons. The number of nitrogens with one attached hydrogen (secondary N) is 1. The van der Waals surface area contributed by atoms with Crippen molar-refractivity contribution in [2.75, 3.05) is 19.5 Å². The minimum Gasteiger partial charge on any atom is -0.491 e. The second-order valence-electron chi connectivity index (χ2n) is 7.37. The zero-order valence-corrected chi connectivity index (χ0v) is 17.9. The van der Waals surface area contributed by atoms with Gasteiger partial charge in [-0.1, -0.05) is 12.8 Å². The van der Waals surface area contributed by atoms with Gasteiger partial charge in [0, 0.05) is 17.5 Å². The molecule has 0 aromatic carbocycles. The van der Waals surface area contributed by atoms with Gasteiger partial charge in [-0.15, -0.1) is 11.3 Å². The van der Waals surface area contributed by atoms with Gasteiger partial charge in [-0.05, 0) is 25.0 Å². The molecule has 1 fully saturated rings. The second kappa shape index (κ2) is 8.93. The Bertz CT molecular complexity index is 1050. The summed E-state index contributed by atoms with van der Waals surface area (Å²) in [6.07, 6.45) is 6.21. The Balaban J connectivity index is 1.55. The molecule has 4 rings (SSSR count). The number of fused-ring (bicyclic) bond motifs is 1. The number of aromatic nitrogens is 3. The van der Waals surface area contributed by atoms with E-state index in [1.54, 1.807) is 25.4 Å². The Morgan fingerprint density at radius 1 is 1.23 bits per heavy atom. The van der Waals surface area contributed by atoms with Crippen molar-refractivity contribution in [3.05, 3.63) is 35.0 Å². The van der Waals surface area contributed by atoms with Crippen LogP contribution >= 0.6 is 11.3 Å². The third-order valence-electron chi connectivity index (χ3n) is 5.39. The molecule has 3 heterocycles. The molecule has 3 aromatic rings. The van der Waals surface area contributed by atoms with Gasteiger partial charge in [0.25, 0.3) is 5.88 Å². The topological polar surface area (TPSA) is 112 Å². The number of ether oxygens (including phenoxy) is 2. The van der Waals surface area contributed by atoms with Crippen molar-refractivity contribution in [2.24, 2.45) is 5.73 Å². The largest absolute Gasteiger partial charge is 0.491 e. The van der Waals surface area contributed by atoms with Crippen LogP contribution in [0.4, 0.5) is 5.95 Å². The van der Waals surface area contributed by atoms with Gasteiger partial charge in [0.1, 0.15) is 0 Å². The quantitative estimate of drug-likeness (QED) is 0.553. The summed E-state index contributed by atoms with van der Waals surface area (Å²) >= 11 is 1.46. The average Bonchev–Trinajstić information content (AvgIpc) is 3.18. The van der Waals surface area contributed by atoms with Crippen molar-refractivity contribution in [1.29, 1.82) is 0 Å². The molecule has 0 spiro atoms. The zero-order valence-electron chi connectivity index (χ0n) is 17.1. The maximum Gasteiger partial charge on any atom is 0.256 e. The first-order chi connectivity index (χ1) is 14.6. The monoisotopic (exact) mass is 427 g/mol. The number of rotatable bonds is 7. The molecule has 0 amide bonds. The SMILES string of the molecule is COc1ccc(CC(=O)c2csc3cnc(N[C@H]4CCCC[C@H]4N)nc23)nc1OC. The van der Waals surface area contributed by atoms with Gasteiger partial charge in [-0.2, -0.15) is 0 Å². The smallest absolute Gasteiger partial charge is 0.256 e. The molecular weight excluding hydrogens is 402 g/mol. The van der Waals surface area contributed by atoms with Crippen LogP contribution < -0.4 is 20.5 Å². The molecule has 0 saturated heterocycles. The van der Waals surface area contributed by atoms with Crippen molar-refractivity contribution in [3.63, 3.8) is 0 Å². The Morgan fingerprint density at radius 3 is 2.83 bits per heavy atom. The van der Waals surface area contributed by atoms with Crippen LogP contribution in [-0.4, -0.2) is 47.0 Å². The van der Waals surface area contributed by atoms with E-state index in [0.29, 0.717) is 34.4 Å². The Hall–Kier alpha value is -2.78. The van der Waals surface area contributed by atoms with Crippen molar-refractivity contribution in [2.45, 2.75) is 44.2 Å². The van der Waals surface area contributed by atoms with Crippen LogP contribution in [0.25, 0.3) is 10.2 Å². The van der Waals surface area contributed by atoms with E-state index in [1.165, 1.54) is 18.4 Å². The van der Waals surface area contributed by atoms with Gasteiger partial charge >= 0.3 is 0 Å². The van der Waals surface area contributed by atoms with Crippen LogP contribution in [0.3, 0.4) is 0 Å². The lowest BCUT2D eigenvalue weighted by Gasteiger charge is -2.29. The molecule has 0 aliphatic heterocycles. The number of Topliss-reactive ketones (excluding diaryl/α,β-unsaturated/α-hetero) is 1. The molecule has 30 heavy (non-hydrogen) atoms. The van der Waals surface area contributed by atoms with E-state index >= 15 is 0 Å². The molecule has 3 N–H and O–H groups in total. The van der Waals surface area contributed by atoms with E-state index in [1.807, 2.05) is 5.38 Å². The van der Waals surface area contributed by atoms with E-state index in [2.05, 4.69) is 20.3 Å². The Labute approximate surface area is 178 Å². The number of carbonyl (C=O) groups excluding carboxylic acids is 1. The number of nitrogens with zero attached hydrogens (tertiary/aromatic N) is 3. The third kappa shape index (κ3) is 4.22. The number of anilines is 1. The molecule has 3 aromatic heterocycles. The maximum atomic E-state index is 13.0. The fourth-order valence-corrected chi connectivity index (χ4v) is 4.59. The Morgan fingerprint density at radius 2 is 2.07 bits per heavy atom. The summed E-state index contributed by atoms with van der Waals surface area (Å²) in [5.74, 6) is 1.34. The molecule has 8 nitrogen and oxygen atoms in total. The summed E-state index contributed by atoms with van der Waals surface area (Å²) in [5, 5.41) is 5.19. The molecule has 1 aliphatic carbocycles. The normalized spacial score (nSPS) is 18.9. The fraction of sp³-hybridized carbons (Fsp3) is 0.429. The highest BCUT2D eigenvalue weighted by Crippen LogP contribution is 2.28. The maximum absolute atomic E-state index is 13.0. The molecule has 1 aliphatic rings. The molecule has 158 valence electrons. The van der Waals surface area contributed by atoms with E-state index in [0.717, 1.165) is 30.4 Å². The molecular formula is C21H25N5O3S. The van der Waals surface area contributed by atoms with Crippen LogP contribution in [-0.2, 0) is 6.42 Å². The predicted molar refractivity (Wildman–Crippen MR) is 117 cm³/mol. The number of thiophene rings is 1. The Kier molecular flexibility index (Phi) is 6.10. The lowest BCUT2D eigenvalue weighted by Crippen LogP contribution is -2.42. The van der Waals surface area contributed by atoms with Crippen molar-refractivity contribution in [1.82, 2.24) is 15.0 Å². The molecule has 0 bridgehead atoms. The van der Waals surface area contributed by atoms with E-state index < -0.39 is 0 Å². The first-order valence-corrected chi connectivity index (χ1v) is 10.8. The van der Waals surface area contributed by atoms with Crippen LogP contribution in [0.15, 0.2) is 23.7 Å². The lowest BCUT2D eigenvalue weighted by molar-refractivity contribution is 0.0993. The predicted octanol–water partition coefficient (Wildman–Crippen LogP) is 3.21. The highest BCUT2D eigenvalue weighted by Gasteiger charge is 2.23. The minimum absolute atomic E-state index is 0.0556. The van der Waals surface area contributed by atoms with Crippen molar-refractivity contribution < 1.29 is 14.3 Å². The summed E-state index contributed by atoms with van der Waals surface area (Å²) < 4.78 is 11.3. The number of pyridine rings is 1. The van der Waals surface area contributed by atoms with Crippen LogP contribution in [0.5, 0.6) is 11.6 Å². The number of methoxy groups -OCH3 is 2. The summed E-state index contributed by atoms with van der Waals surface area (Å²) in [7, 11) is 3.07. The standard InChI is InChI=1S/C21H25N5O3S/c1-28-17-8-7-12(24-20(17)29-2)9-16(27)13-11-30-18-10-23-21(26-19(13)18)25-15-6-4-3-5-14(15)22/h7-8,10-11,14-15H,3-6,9,22H2,1-2H3,(H,23,25,26)/t14-,15+/m1/s1. The first-order valence-electron chi connectivity index (χ1n) is 9.96. The third-order valence-corrected chi connectivity index (χ3v) is 6.29. The van der Waals surface area contributed by atoms with Gasteiger partial charge in [0.05, 0.1) is 48.3 Å². The van der Waals surface area contributed by atoms with Crippen LogP contribution in [0, 0.1) is 0 Å². The van der Waals surface area contributed by atoms with Crippen molar-refractivity contribution >= 4 is 33.3 Å². The molecule has 1 saturated carbocycles. The van der Waals surface area contributed by atoms with E-state index in [4.69, 9.17) is 15.2 Å². The summed E-state index contributed by atoms with van der Waals surface area (Å²) in [6.45, 7) is 0. The van der Waals surface area contributed by atoms with Gasteiger partial charge in [0.15, 0.2) is 11.5 Å². The van der Waals surface area contributed by atoms with Crippen molar-refractivity contribution in [3.8, 4) is 11.6 Å². The number of carbonyl (C=O) groups is 1. The number of hydrogen-bond acceptors (Lipinski definition) is 9. The van der Waals surface area contributed by atoms with Gasteiger partial charge in [0.2, 0.25) is 5.95 Å². The van der Waals surface area contributed by atoms with E-state index in [9.17, 15) is 4.79 Å².